The number of Topliss-reactive ketones (excluding diaryl/α,β-unsaturated/α-hetero) is 1. The van der Waals surface area contributed by atoms with E-state index in [0.717, 1.165) is 16.0 Å². The Bertz CT molecular complexity index is 1220. The lowest BCUT2D eigenvalue weighted by atomic mass is 9.99. The zero-order valence-electron chi connectivity index (χ0n) is 17.2. The van der Waals surface area contributed by atoms with Crippen LogP contribution < -0.4 is 9.64 Å². The lowest BCUT2D eigenvalue weighted by Gasteiger charge is -2.26. The number of rotatable bonds is 4. The molecule has 1 unspecified atom stereocenters. The van der Waals surface area contributed by atoms with Crippen molar-refractivity contribution >= 4 is 50.4 Å². The first kappa shape index (κ1) is 21.3. The summed E-state index contributed by atoms with van der Waals surface area (Å²) in [6.07, 6.45) is 0. The summed E-state index contributed by atoms with van der Waals surface area (Å²) in [6.45, 7) is 3.89. The lowest BCUT2D eigenvalue weighted by Crippen LogP contribution is -2.29. The number of amides is 1. The van der Waals surface area contributed by atoms with Crippen LogP contribution in [0.3, 0.4) is 0 Å². The monoisotopic (exact) mass is 497 g/mol. The number of methoxy groups -OCH3 is 1. The Morgan fingerprint density at radius 3 is 2.52 bits per heavy atom. The molecule has 1 atom stereocenters. The number of thiophene rings is 1. The van der Waals surface area contributed by atoms with Crippen LogP contribution in [0, 0.1) is 13.8 Å². The fraction of sp³-hybridized carbons (Fsp3) is 0.167. The number of anilines is 1. The number of ether oxygens (including phenoxy) is 1. The predicted octanol–water partition coefficient (Wildman–Crippen LogP) is 5.76. The van der Waals surface area contributed by atoms with E-state index in [1.165, 1.54) is 16.2 Å². The van der Waals surface area contributed by atoms with Crippen LogP contribution in [0.25, 0.3) is 5.76 Å². The second-order valence-electron chi connectivity index (χ2n) is 7.32. The molecule has 0 bridgehead atoms. The van der Waals surface area contributed by atoms with Crippen molar-refractivity contribution in [3.63, 3.8) is 0 Å². The molecule has 2 heterocycles. The SMILES string of the molecule is COc1ccc(/C(O)=C2/C(=O)C(=O)N(c3ccc(C)cc3C)C2c2cccs2)cc1Br. The summed E-state index contributed by atoms with van der Waals surface area (Å²) in [6, 6.07) is 13.8. The van der Waals surface area contributed by atoms with Crippen molar-refractivity contribution in [2.75, 3.05) is 12.0 Å². The van der Waals surface area contributed by atoms with Gasteiger partial charge in [-0.15, -0.1) is 11.3 Å². The van der Waals surface area contributed by atoms with Gasteiger partial charge in [-0.1, -0.05) is 23.8 Å². The summed E-state index contributed by atoms with van der Waals surface area (Å²) in [5, 5.41) is 13.1. The topological polar surface area (TPSA) is 66.8 Å². The van der Waals surface area contributed by atoms with Gasteiger partial charge in [0.25, 0.3) is 11.7 Å². The maximum absolute atomic E-state index is 13.2. The number of carbonyl (C=O) groups excluding carboxylic acids is 2. The van der Waals surface area contributed by atoms with Crippen molar-refractivity contribution in [1.29, 1.82) is 0 Å². The fourth-order valence-electron chi connectivity index (χ4n) is 3.84. The molecule has 0 saturated carbocycles. The van der Waals surface area contributed by atoms with E-state index in [1.807, 2.05) is 49.6 Å². The molecule has 1 saturated heterocycles. The largest absolute Gasteiger partial charge is 0.507 e. The molecule has 1 aromatic heterocycles. The molecule has 1 amide bonds. The molecule has 0 spiro atoms. The normalized spacial score (nSPS) is 17.9. The van der Waals surface area contributed by atoms with E-state index in [-0.39, 0.29) is 11.3 Å². The second-order valence-corrected chi connectivity index (χ2v) is 9.16. The molecule has 1 aliphatic heterocycles. The summed E-state index contributed by atoms with van der Waals surface area (Å²) in [5.41, 5.74) is 3.10. The fourth-order valence-corrected chi connectivity index (χ4v) is 5.21. The highest BCUT2D eigenvalue weighted by atomic mass is 79.9. The maximum atomic E-state index is 13.2. The Kier molecular flexibility index (Phi) is 5.73. The number of aliphatic hydroxyl groups is 1. The smallest absolute Gasteiger partial charge is 0.300 e. The van der Waals surface area contributed by atoms with Crippen molar-refractivity contribution in [1.82, 2.24) is 0 Å². The van der Waals surface area contributed by atoms with E-state index in [2.05, 4.69) is 15.9 Å². The zero-order valence-corrected chi connectivity index (χ0v) is 19.6. The van der Waals surface area contributed by atoms with E-state index in [0.29, 0.717) is 21.5 Å². The Morgan fingerprint density at radius 2 is 1.90 bits per heavy atom. The molecule has 2 aromatic carbocycles. The van der Waals surface area contributed by atoms with Gasteiger partial charge in [0.05, 0.1) is 17.2 Å². The molecule has 1 fully saturated rings. The maximum Gasteiger partial charge on any atom is 0.300 e. The first-order valence-electron chi connectivity index (χ1n) is 9.59. The van der Waals surface area contributed by atoms with Crippen LogP contribution in [0.4, 0.5) is 5.69 Å². The van der Waals surface area contributed by atoms with Crippen LogP contribution >= 0.6 is 27.3 Å². The van der Waals surface area contributed by atoms with Gasteiger partial charge in [0.1, 0.15) is 17.6 Å². The molecule has 31 heavy (non-hydrogen) atoms. The van der Waals surface area contributed by atoms with Gasteiger partial charge in [-0.2, -0.15) is 0 Å². The summed E-state index contributed by atoms with van der Waals surface area (Å²) >= 11 is 4.85. The number of carbonyl (C=O) groups is 2. The van der Waals surface area contributed by atoms with Crippen LogP contribution in [0.15, 0.2) is 64.0 Å². The van der Waals surface area contributed by atoms with Gasteiger partial charge >= 0.3 is 0 Å². The lowest BCUT2D eigenvalue weighted by molar-refractivity contribution is -0.132. The molecule has 0 radical (unpaired) electrons. The van der Waals surface area contributed by atoms with E-state index < -0.39 is 17.7 Å². The number of nitrogens with zero attached hydrogens (tertiary/aromatic N) is 1. The minimum absolute atomic E-state index is 0.0736. The summed E-state index contributed by atoms with van der Waals surface area (Å²) < 4.78 is 5.88. The van der Waals surface area contributed by atoms with Crippen molar-refractivity contribution < 1.29 is 19.4 Å². The van der Waals surface area contributed by atoms with Gasteiger partial charge in [-0.3, -0.25) is 14.5 Å². The molecule has 1 N–H and O–H groups in total. The summed E-state index contributed by atoms with van der Waals surface area (Å²) in [5.74, 6) is -0.975. The van der Waals surface area contributed by atoms with Crippen LogP contribution in [-0.4, -0.2) is 23.9 Å². The first-order valence-corrected chi connectivity index (χ1v) is 11.3. The average molecular weight is 498 g/mol. The van der Waals surface area contributed by atoms with Gasteiger partial charge in [0.15, 0.2) is 0 Å². The Labute approximate surface area is 192 Å². The predicted molar refractivity (Wildman–Crippen MR) is 126 cm³/mol. The highest BCUT2D eigenvalue weighted by Crippen LogP contribution is 2.44. The Morgan fingerprint density at radius 1 is 1.13 bits per heavy atom. The van der Waals surface area contributed by atoms with Crippen LogP contribution in [0.5, 0.6) is 5.75 Å². The van der Waals surface area contributed by atoms with Crippen LogP contribution in [-0.2, 0) is 9.59 Å². The highest BCUT2D eigenvalue weighted by molar-refractivity contribution is 9.10. The Hall–Kier alpha value is -2.90. The number of aliphatic hydroxyl groups excluding tert-OH is 1. The van der Waals surface area contributed by atoms with Crippen molar-refractivity contribution in [3.8, 4) is 5.75 Å². The molecule has 4 rings (SSSR count). The summed E-state index contributed by atoms with van der Waals surface area (Å²) in [4.78, 5) is 28.6. The number of ketones is 1. The van der Waals surface area contributed by atoms with Crippen molar-refractivity contribution in [2.45, 2.75) is 19.9 Å². The molecule has 5 nitrogen and oxygen atoms in total. The van der Waals surface area contributed by atoms with Crippen LogP contribution in [0.1, 0.15) is 27.6 Å². The van der Waals surface area contributed by atoms with E-state index in [4.69, 9.17) is 4.74 Å². The van der Waals surface area contributed by atoms with Gasteiger partial charge in [0.2, 0.25) is 0 Å². The first-order chi connectivity index (χ1) is 14.8. The third-order valence-electron chi connectivity index (χ3n) is 5.29. The molecular weight excluding hydrogens is 478 g/mol. The number of hydrogen-bond acceptors (Lipinski definition) is 5. The molecule has 158 valence electrons. The number of benzene rings is 2. The molecule has 7 heteroatoms. The molecule has 0 aliphatic carbocycles. The molecule has 1 aliphatic rings. The Balaban J connectivity index is 1.93. The third kappa shape index (κ3) is 3.68. The number of halogens is 1. The van der Waals surface area contributed by atoms with Gasteiger partial charge in [-0.25, -0.2) is 0 Å². The molecular formula is C24H20BrNO4S. The van der Waals surface area contributed by atoms with Gasteiger partial charge in [0, 0.05) is 16.1 Å². The zero-order chi connectivity index (χ0) is 22.3. The number of aryl methyl sites for hydroxylation is 2. The average Bonchev–Trinajstić information content (AvgIpc) is 3.35. The standard InChI is InChI=1S/C24H20BrNO4S/c1-13-6-8-17(14(2)11-13)26-21(19-5-4-10-31-19)20(23(28)24(26)29)22(27)15-7-9-18(30-3)16(25)12-15/h4-12,21,27H,1-3H3/b22-20-. The van der Waals surface area contributed by atoms with E-state index in [1.54, 1.807) is 25.3 Å². The minimum atomic E-state index is -0.706. The highest BCUT2D eigenvalue weighted by Gasteiger charge is 2.47. The van der Waals surface area contributed by atoms with Crippen molar-refractivity contribution in [3.05, 3.63) is 85.5 Å². The quantitative estimate of drug-likeness (QED) is 0.282. The summed E-state index contributed by atoms with van der Waals surface area (Å²) in [7, 11) is 1.55. The third-order valence-corrected chi connectivity index (χ3v) is 6.84. The van der Waals surface area contributed by atoms with Gasteiger partial charge in [-0.05, 0) is 71.1 Å². The number of hydrogen-bond donors (Lipinski definition) is 1. The van der Waals surface area contributed by atoms with Gasteiger partial charge < -0.3 is 9.84 Å². The second kappa shape index (κ2) is 8.32. The molecule has 3 aromatic rings. The van der Waals surface area contributed by atoms with E-state index >= 15 is 0 Å². The van der Waals surface area contributed by atoms with Crippen molar-refractivity contribution in [2.24, 2.45) is 0 Å². The minimum Gasteiger partial charge on any atom is -0.507 e. The van der Waals surface area contributed by atoms with Crippen LogP contribution in [0.2, 0.25) is 0 Å². The van der Waals surface area contributed by atoms with E-state index in [9.17, 15) is 14.7 Å².